The standard InChI is InChI=1S/C22H35N3O5/c1-13-10-14(11-16(18(13)26)24-19(27)29-21(2,3)4)15-8-9-23-12-17(15)25-20(28)30-22(5,6)7/h8-9,12-14,16,18,26H,10-11H2,1-7H3,(H,24,27)(H,25,28). The molecule has 0 bridgehead atoms. The molecule has 0 aromatic carbocycles. The summed E-state index contributed by atoms with van der Waals surface area (Å²) in [6.45, 7) is 12.7. The largest absolute Gasteiger partial charge is 0.444 e. The molecule has 2 amide bonds. The minimum Gasteiger partial charge on any atom is -0.444 e. The molecule has 3 N–H and O–H groups in total. The number of nitrogens with one attached hydrogen (secondary N) is 2. The van der Waals surface area contributed by atoms with E-state index in [1.165, 1.54) is 0 Å². The van der Waals surface area contributed by atoms with Crippen LogP contribution < -0.4 is 10.6 Å². The lowest BCUT2D eigenvalue weighted by Gasteiger charge is -2.39. The molecule has 1 saturated carbocycles. The molecule has 30 heavy (non-hydrogen) atoms. The minimum atomic E-state index is -0.683. The number of aliphatic hydroxyl groups excluding tert-OH is 1. The molecule has 8 heteroatoms. The van der Waals surface area contributed by atoms with Crippen LogP contribution in [0.1, 0.15) is 72.8 Å². The third kappa shape index (κ3) is 7.16. The maximum absolute atomic E-state index is 12.2. The Kier molecular flexibility index (Phi) is 7.34. The third-order valence-corrected chi connectivity index (χ3v) is 4.82. The number of aliphatic hydroxyl groups is 1. The van der Waals surface area contributed by atoms with E-state index in [0.717, 1.165) is 5.56 Å². The molecule has 0 radical (unpaired) electrons. The van der Waals surface area contributed by atoms with E-state index in [9.17, 15) is 14.7 Å². The van der Waals surface area contributed by atoms with Crippen LogP contribution in [0.2, 0.25) is 0 Å². The van der Waals surface area contributed by atoms with Crippen LogP contribution in [0.25, 0.3) is 0 Å². The number of nitrogens with zero attached hydrogens (tertiary/aromatic N) is 1. The van der Waals surface area contributed by atoms with Crippen LogP contribution >= 0.6 is 0 Å². The second-order valence-electron chi connectivity index (χ2n) is 9.98. The van der Waals surface area contributed by atoms with Crippen LogP contribution in [0.4, 0.5) is 15.3 Å². The number of aromatic nitrogens is 1. The zero-order valence-corrected chi connectivity index (χ0v) is 19.0. The van der Waals surface area contributed by atoms with Crippen LogP contribution in [-0.4, -0.2) is 45.6 Å². The van der Waals surface area contributed by atoms with Gasteiger partial charge in [-0.15, -0.1) is 0 Å². The molecule has 2 rings (SSSR count). The Morgan fingerprint density at radius 1 is 1.07 bits per heavy atom. The maximum atomic E-state index is 12.2. The number of hydrogen-bond acceptors (Lipinski definition) is 6. The Bertz CT molecular complexity index is 754. The smallest absolute Gasteiger partial charge is 0.412 e. The lowest BCUT2D eigenvalue weighted by molar-refractivity contribution is 0.0176. The summed E-state index contributed by atoms with van der Waals surface area (Å²) in [7, 11) is 0. The number of carbonyl (C=O) groups is 2. The van der Waals surface area contributed by atoms with Crippen molar-refractivity contribution in [2.75, 3.05) is 5.32 Å². The van der Waals surface area contributed by atoms with Gasteiger partial charge in [-0.25, -0.2) is 9.59 Å². The van der Waals surface area contributed by atoms with Crippen molar-refractivity contribution >= 4 is 17.9 Å². The number of hydrogen-bond donors (Lipinski definition) is 3. The second-order valence-corrected chi connectivity index (χ2v) is 9.98. The van der Waals surface area contributed by atoms with Crippen molar-refractivity contribution in [3.05, 3.63) is 24.0 Å². The Labute approximate surface area is 178 Å². The Hall–Kier alpha value is -2.35. The van der Waals surface area contributed by atoms with Crippen LogP contribution in [-0.2, 0) is 9.47 Å². The van der Waals surface area contributed by atoms with Crippen molar-refractivity contribution in [2.45, 2.75) is 90.6 Å². The first-order valence-corrected chi connectivity index (χ1v) is 10.4. The lowest BCUT2D eigenvalue weighted by atomic mass is 9.74. The van der Waals surface area contributed by atoms with E-state index in [0.29, 0.717) is 18.5 Å². The number of carbonyl (C=O) groups excluding carboxylic acids is 2. The minimum absolute atomic E-state index is 0.0104. The first-order valence-electron chi connectivity index (χ1n) is 10.4. The summed E-state index contributed by atoms with van der Waals surface area (Å²) in [4.78, 5) is 28.6. The van der Waals surface area contributed by atoms with Crippen molar-refractivity contribution < 1.29 is 24.2 Å². The normalized spacial score (nSPS) is 24.7. The highest BCUT2D eigenvalue weighted by molar-refractivity contribution is 5.85. The molecule has 1 heterocycles. The molecular weight excluding hydrogens is 386 g/mol. The Morgan fingerprint density at radius 3 is 2.27 bits per heavy atom. The van der Waals surface area contributed by atoms with Gasteiger partial charge in [-0.1, -0.05) is 6.92 Å². The summed E-state index contributed by atoms with van der Waals surface area (Å²) >= 11 is 0. The van der Waals surface area contributed by atoms with E-state index in [4.69, 9.17) is 9.47 Å². The van der Waals surface area contributed by atoms with Crippen LogP contribution in [0.15, 0.2) is 18.5 Å². The van der Waals surface area contributed by atoms with Gasteiger partial charge in [0.1, 0.15) is 11.2 Å². The number of alkyl carbamates (subject to hydrolysis) is 1. The fraction of sp³-hybridized carbons (Fsp3) is 0.682. The predicted molar refractivity (Wildman–Crippen MR) is 114 cm³/mol. The van der Waals surface area contributed by atoms with Crippen LogP contribution in [0.5, 0.6) is 0 Å². The van der Waals surface area contributed by atoms with E-state index in [1.54, 1.807) is 53.9 Å². The first-order chi connectivity index (χ1) is 13.7. The SMILES string of the molecule is CC1CC(c2ccncc2NC(=O)OC(C)(C)C)CC(NC(=O)OC(C)(C)C)C1O. The molecule has 1 aliphatic carbocycles. The second kappa shape index (κ2) is 9.20. The van der Waals surface area contributed by atoms with E-state index in [1.807, 2.05) is 13.0 Å². The number of anilines is 1. The van der Waals surface area contributed by atoms with Crippen molar-refractivity contribution in [1.82, 2.24) is 10.3 Å². The number of pyridine rings is 1. The molecule has 8 nitrogen and oxygen atoms in total. The van der Waals surface area contributed by atoms with E-state index in [2.05, 4.69) is 15.6 Å². The Balaban J connectivity index is 2.17. The van der Waals surface area contributed by atoms with Gasteiger partial charge >= 0.3 is 12.2 Å². The van der Waals surface area contributed by atoms with Crippen LogP contribution in [0.3, 0.4) is 0 Å². The van der Waals surface area contributed by atoms with Gasteiger partial charge in [-0.2, -0.15) is 0 Å². The summed E-state index contributed by atoms with van der Waals surface area (Å²) in [6, 6.07) is 1.39. The molecule has 0 aliphatic heterocycles. The molecule has 1 aliphatic rings. The Morgan fingerprint density at radius 2 is 1.67 bits per heavy atom. The maximum Gasteiger partial charge on any atom is 0.412 e. The van der Waals surface area contributed by atoms with Gasteiger partial charge in [-0.05, 0) is 77.8 Å². The summed E-state index contributed by atoms with van der Waals surface area (Å²) in [6.07, 6.45) is 2.69. The summed E-state index contributed by atoms with van der Waals surface area (Å²) in [5.41, 5.74) is 0.227. The monoisotopic (exact) mass is 421 g/mol. The van der Waals surface area contributed by atoms with E-state index >= 15 is 0 Å². The molecule has 0 saturated heterocycles. The predicted octanol–water partition coefficient (Wildman–Crippen LogP) is 4.20. The zero-order valence-electron chi connectivity index (χ0n) is 19.0. The quantitative estimate of drug-likeness (QED) is 0.675. The van der Waals surface area contributed by atoms with Gasteiger partial charge in [0.2, 0.25) is 0 Å². The van der Waals surface area contributed by atoms with Crippen molar-refractivity contribution in [3.8, 4) is 0 Å². The highest BCUT2D eigenvalue weighted by Crippen LogP contribution is 2.39. The van der Waals surface area contributed by atoms with E-state index in [-0.39, 0.29) is 11.8 Å². The van der Waals surface area contributed by atoms with Gasteiger partial charge in [-0.3, -0.25) is 10.3 Å². The topological polar surface area (TPSA) is 110 Å². The van der Waals surface area contributed by atoms with Gasteiger partial charge in [0.05, 0.1) is 24.0 Å². The molecule has 0 spiro atoms. The average Bonchev–Trinajstić information content (AvgIpc) is 2.55. The van der Waals surface area contributed by atoms with Crippen LogP contribution in [0, 0.1) is 5.92 Å². The number of ether oxygens (including phenoxy) is 2. The highest BCUT2D eigenvalue weighted by atomic mass is 16.6. The van der Waals surface area contributed by atoms with Gasteiger partial charge < -0.3 is 19.9 Å². The molecule has 4 atom stereocenters. The third-order valence-electron chi connectivity index (χ3n) is 4.82. The first kappa shape index (κ1) is 23.9. The summed E-state index contributed by atoms with van der Waals surface area (Å²) in [5, 5.41) is 16.2. The van der Waals surface area contributed by atoms with Gasteiger partial charge in [0.15, 0.2) is 0 Å². The van der Waals surface area contributed by atoms with Gasteiger partial charge in [0.25, 0.3) is 0 Å². The van der Waals surface area contributed by atoms with Crippen molar-refractivity contribution in [2.24, 2.45) is 5.92 Å². The number of rotatable bonds is 3. The van der Waals surface area contributed by atoms with Crippen molar-refractivity contribution in [1.29, 1.82) is 0 Å². The van der Waals surface area contributed by atoms with E-state index < -0.39 is 35.5 Å². The molecule has 1 fully saturated rings. The lowest BCUT2D eigenvalue weighted by Crippen LogP contribution is -2.51. The molecular formula is C22H35N3O5. The van der Waals surface area contributed by atoms with Crippen molar-refractivity contribution in [3.63, 3.8) is 0 Å². The molecule has 4 unspecified atom stereocenters. The summed E-state index contributed by atoms with van der Waals surface area (Å²) in [5.74, 6) is -0.0393. The average molecular weight is 422 g/mol. The van der Waals surface area contributed by atoms with Gasteiger partial charge in [0, 0.05) is 6.20 Å². The molecule has 1 aromatic heterocycles. The zero-order chi connectivity index (χ0) is 22.7. The molecule has 1 aromatic rings. The summed E-state index contributed by atoms with van der Waals surface area (Å²) < 4.78 is 10.7. The highest BCUT2D eigenvalue weighted by Gasteiger charge is 2.37. The fourth-order valence-corrected chi connectivity index (χ4v) is 3.66. The fourth-order valence-electron chi connectivity index (χ4n) is 3.66. The molecule has 168 valence electrons. The number of amides is 2.